The molecule has 0 atom stereocenters. The van der Waals surface area contributed by atoms with Crippen LogP contribution in [0, 0.1) is 6.92 Å². The molecule has 0 aliphatic rings. The van der Waals surface area contributed by atoms with Crippen LogP contribution in [-0.4, -0.2) is 36.4 Å². The van der Waals surface area contributed by atoms with Crippen molar-refractivity contribution < 1.29 is 13.2 Å². The van der Waals surface area contributed by atoms with Crippen molar-refractivity contribution in [2.24, 2.45) is 0 Å². The maximum absolute atomic E-state index is 12.0. The number of rotatable bonds is 7. The van der Waals surface area contributed by atoms with Crippen LogP contribution in [0.1, 0.15) is 17.5 Å². The quantitative estimate of drug-likeness (QED) is 0.832. The molecule has 0 spiro atoms. The van der Waals surface area contributed by atoms with Crippen LogP contribution in [0.3, 0.4) is 0 Å². The number of hydrogen-bond acceptors (Lipinski definition) is 4. The number of nitrogens with one attached hydrogen (secondary N) is 1. The number of nitrogens with zero attached hydrogens (tertiary/aromatic N) is 2. The van der Waals surface area contributed by atoms with Gasteiger partial charge in [0.15, 0.2) is 0 Å². The van der Waals surface area contributed by atoms with Crippen molar-refractivity contribution >= 4 is 21.6 Å². The highest BCUT2D eigenvalue weighted by atomic mass is 32.2. The van der Waals surface area contributed by atoms with E-state index >= 15 is 0 Å². The zero-order valence-electron chi connectivity index (χ0n) is 13.8. The minimum absolute atomic E-state index is 0.0893. The molecule has 1 amide bonds. The summed E-state index contributed by atoms with van der Waals surface area (Å²) >= 11 is 0. The lowest BCUT2D eigenvalue weighted by Crippen LogP contribution is -2.32. The third-order valence-electron chi connectivity index (χ3n) is 3.50. The molecule has 2 rings (SSSR count). The first kappa shape index (κ1) is 18.1. The third-order valence-corrected chi connectivity index (χ3v) is 4.75. The molecule has 1 heterocycles. The second-order valence-electron chi connectivity index (χ2n) is 5.62. The number of pyridine rings is 1. The molecular formula is C17H21N3O3S. The van der Waals surface area contributed by atoms with Crippen LogP contribution in [0.4, 0.5) is 5.69 Å². The monoisotopic (exact) mass is 347 g/mol. The Bertz CT molecular complexity index is 774. The molecule has 0 aliphatic heterocycles. The van der Waals surface area contributed by atoms with Crippen molar-refractivity contribution in [1.29, 1.82) is 0 Å². The minimum Gasteiger partial charge on any atom is -0.326 e. The highest BCUT2D eigenvalue weighted by molar-refractivity contribution is 7.88. The van der Waals surface area contributed by atoms with E-state index in [1.807, 2.05) is 31.2 Å². The summed E-state index contributed by atoms with van der Waals surface area (Å²) in [7, 11) is -3.40. The molecule has 0 bridgehead atoms. The summed E-state index contributed by atoms with van der Waals surface area (Å²) in [6, 6.07) is 11.0. The van der Waals surface area contributed by atoms with Gasteiger partial charge in [-0.1, -0.05) is 17.7 Å². The molecule has 1 aromatic carbocycles. The summed E-state index contributed by atoms with van der Waals surface area (Å²) in [6.45, 7) is 2.31. The van der Waals surface area contributed by atoms with Gasteiger partial charge in [0.1, 0.15) is 0 Å². The van der Waals surface area contributed by atoms with E-state index in [1.165, 1.54) is 4.31 Å². The number of aryl methyl sites for hydroxylation is 1. The Morgan fingerprint density at radius 1 is 1.12 bits per heavy atom. The first-order valence-corrected chi connectivity index (χ1v) is 9.40. The number of carbonyl (C=O) groups excluding carboxylic acids is 1. The smallest absolute Gasteiger partial charge is 0.225 e. The van der Waals surface area contributed by atoms with Crippen molar-refractivity contribution in [3.8, 4) is 0 Å². The Kier molecular flexibility index (Phi) is 6.05. The Morgan fingerprint density at radius 3 is 2.33 bits per heavy atom. The fraction of sp³-hybridized carbons (Fsp3) is 0.294. The van der Waals surface area contributed by atoms with Crippen molar-refractivity contribution in [1.82, 2.24) is 9.29 Å². The minimum atomic E-state index is -3.40. The summed E-state index contributed by atoms with van der Waals surface area (Å²) < 4.78 is 25.1. The van der Waals surface area contributed by atoms with Gasteiger partial charge in [0.25, 0.3) is 0 Å². The van der Waals surface area contributed by atoms with Gasteiger partial charge in [0.05, 0.1) is 6.26 Å². The first-order chi connectivity index (χ1) is 11.3. The van der Waals surface area contributed by atoms with E-state index in [0.29, 0.717) is 5.69 Å². The van der Waals surface area contributed by atoms with Crippen LogP contribution in [0.15, 0.2) is 48.8 Å². The van der Waals surface area contributed by atoms with E-state index in [2.05, 4.69) is 10.3 Å². The lowest BCUT2D eigenvalue weighted by Gasteiger charge is -2.19. The summed E-state index contributed by atoms with van der Waals surface area (Å²) in [4.78, 5) is 15.9. The standard InChI is InChI=1S/C17H21N3O3S/c1-14-3-5-16(6-4-14)19-17(21)9-12-20(24(2,22)23)13-15-7-10-18-11-8-15/h3-8,10-11H,9,12-13H2,1-2H3,(H,19,21). The zero-order chi connectivity index (χ0) is 17.6. The van der Waals surface area contributed by atoms with Crippen LogP contribution in [0.5, 0.6) is 0 Å². The molecular weight excluding hydrogens is 326 g/mol. The second-order valence-corrected chi connectivity index (χ2v) is 7.60. The Morgan fingerprint density at radius 2 is 1.75 bits per heavy atom. The first-order valence-electron chi connectivity index (χ1n) is 7.55. The number of hydrogen-bond donors (Lipinski definition) is 1. The SMILES string of the molecule is Cc1ccc(NC(=O)CCN(Cc2ccncc2)S(C)(=O)=O)cc1. The molecule has 0 aliphatic carbocycles. The molecule has 1 N–H and O–H groups in total. The van der Waals surface area contributed by atoms with Crippen molar-refractivity contribution in [2.45, 2.75) is 19.9 Å². The third kappa shape index (κ3) is 5.75. The van der Waals surface area contributed by atoms with Gasteiger partial charge in [-0.05, 0) is 36.8 Å². The molecule has 24 heavy (non-hydrogen) atoms. The van der Waals surface area contributed by atoms with Gasteiger partial charge >= 0.3 is 0 Å². The summed E-state index contributed by atoms with van der Waals surface area (Å²) in [5.74, 6) is -0.220. The van der Waals surface area contributed by atoms with Gasteiger partial charge in [0.2, 0.25) is 15.9 Å². The van der Waals surface area contributed by atoms with Gasteiger partial charge in [-0.3, -0.25) is 9.78 Å². The second kappa shape index (κ2) is 8.03. The topological polar surface area (TPSA) is 79.4 Å². The molecule has 1 aromatic heterocycles. The summed E-state index contributed by atoms with van der Waals surface area (Å²) in [5, 5.41) is 2.77. The van der Waals surface area contributed by atoms with E-state index in [9.17, 15) is 13.2 Å². The fourth-order valence-electron chi connectivity index (χ4n) is 2.14. The number of aromatic nitrogens is 1. The number of benzene rings is 1. The van der Waals surface area contributed by atoms with E-state index in [1.54, 1.807) is 24.5 Å². The maximum Gasteiger partial charge on any atom is 0.225 e. The lowest BCUT2D eigenvalue weighted by molar-refractivity contribution is -0.116. The van der Waals surface area contributed by atoms with Gasteiger partial charge in [-0.15, -0.1) is 0 Å². The molecule has 0 saturated carbocycles. The normalized spacial score (nSPS) is 11.5. The molecule has 0 saturated heterocycles. The molecule has 7 heteroatoms. The predicted molar refractivity (Wildman–Crippen MR) is 93.9 cm³/mol. The van der Waals surface area contributed by atoms with Gasteiger partial charge in [-0.25, -0.2) is 8.42 Å². The Hall–Kier alpha value is -2.25. The van der Waals surface area contributed by atoms with Crippen molar-refractivity contribution in [3.63, 3.8) is 0 Å². The van der Waals surface area contributed by atoms with Crippen LogP contribution in [0.2, 0.25) is 0 Å². The largest absolute Gasteiger partial charge is 0.326 e. The number of anilines is 1. The molecule has 0 unspecified atom stereocenters. The van der Waals surface area contributed by atoms with Gasteiger partial charge in [0, 0.05) is 37.6 Å². The van der Waals surface area contributed by atoms with E-state index in [-0.39, 0.29) is 25.4 Å². The van der Waals surface area contributed by atoms with Crippen LogP contribution in [0.25, 0.3) is 0 Å². The molecule has 6 nitrogen and oxygen atoms in total. The summed E-state index contributed by atoms with van der Waals surface area (Å²) in [6.07, 6.45) is 4.46. The Balaban J connectivity index is 1.95. The van der Waals surface area contributed by atoms with Gasteiger partial charge in [-0.2, -0.15) is 4.31 Å². The number of carbonyl (C=O) groups is 1. The predicted octanol–water partition coefficient (Wildman–Crippen LogP) is 2.18. The van der Waals surface area contributed by atoms with E-state index < -0.39 is 10.0 Å². The highest BCUT2D eigenvalue weighted by Gasteiger charge is 2.18. The van der Waals surface area contributed by atoms with E-state index in [4.69, 9.17) is 0 Å². The molecule has 0 radical (unpaired) electrons. The van der Waals surface area contributed by atoms with Crippen molar-refractivity contribution in [3.05, 3.63) is 59.9 Å². The fourth-order valence-corrected chi connectivity index (χ4v) is 2.95. The molecule has 128 valence electrons. The van der Waals surface area contributed by atoms with Crippen LogP contribution < -0.4 is 5.32 Å². The number of sulfonamides is 1. The Labute approximate surface area is 142 Å². The zero-order valence-corrected chi connectivity index (χ0v) is 14.6. The van der Waals surface area contributed by atoms with Gasteiger partial charge < -0.3 is 5.32 Å². The lowest BCUT2D eigenvalue weighted by atomic mass is 10.2. The van der Waals surface area contributed by atoms with Crippen LogP contribution in [-0.2, 0) is 21.4 Å². The van der Waals surface area contributed by atoms with E-state index in [0.717, 1.165) is 17.4 Å². The molecule has 0 fully saturated rings. The van der Waals surface area contributed by atoms with Crippen LogP contribution >= 0.6 is 0 Å². The molecule has 2 aromatic rings. The highest BCUT2D eigenvalue weighted by Crippen LogP contribution is 2.11. The summed E-state index contributed by atoms with van der Waals surface area (Å²) in [5.41, 5.74) is 2.63. The van der Waals surface area contributed by atoms with Crippen molar-refractivity contribution in [2.75, 3.05) is 18.1 Å². The average molecular weight is 347 g/mol. The number of amides is 1. The average Bonchev–Trinajstić information content (AvgIpc) is 2.53. The maximum atomic E-state index is 12.0.